The number of aromatic nitrogens is 2. The van der Waals surface area contributed by atoms with Gasteiger partial charge >= 0.3 is 5.97 Å². The topological polar surface area (TPSA) is 111 Å². The van der Waals surface area contributed by atoms with Crippen LogP contribution in [0, 0.1) is 17.1 Å². The molecule has 3 aromatic rings. The Bertz CT molecular complexity index is 1330. The second kappa shape index (κ2) is 9.71. The number of nitriles is 1. The quantitative estimate of drug-likeness (QED) is 0.429. The highest BCUT2D eigenvalue weighted by Crippen LogP contribution is 2.41. The van der Waals surface area contributed by atoms with Crippen LogP contribution in [0.1, 0.15) is 18.4 Å². The molecule has 1 atom stereocenters. The number of ether oxygens (including phenoxy) is 2. The fraction of sp³-hybridized carbons (Fsp3) is 0.167. The number of nitrogens with two attached hydrogens (primary N) is 1. The first-order chi connectivity index (χ1) is 16.0. The maximum absolute atomic E-state index is 14.7. The van der Waals surface area contributed by atoms with E-state index in [1.807, 2.05) is 30.3 Å². The second-order valence-corrected chi connectivity index (χ2v) is 7.98. The lowest BCUT2D eigenvalue weighted by molar-refractivity contribution is -0.139. The summed E-state index contributed by atoms with van der Waals surface area (Å²) in [6, 6.07) is 15.3. The second-order valence-electron chi connectivity index (χ2n) is 6.99. The third-order valence-electron chi connectivity index (χ3n) is 4.99. The highest BCUT2D eigenvalue weighted by atomic mass is 32.2. The zero-order chi connectivity index (χ0) is 23.4. The van der Waals surface area contributed by atoms with Crippen LogP contribution in [0.3, 0.4) is 0 Å². The molecule has 0 fully saturated rings. The van der Waals surface area contributed by atoms with Crippen LogP contribution < -0.4 is 5.73 Å². The summed E-state index contributed by atoms with van der Waals surface area (Å²) in [5.74, 6) is -2.18. The molecular weight excluding hydrogens is 443 g/mol. The fourth-order valence-corrected chi connectivity index (χ4v) is 4.31. The van der Waals surface area contributed by atoms with E-state index < -0.39 is 17.7 Å². The molecule has 166 valence electrons. The van der Waals surface area contributed by atoms with Gasteiger partial charge in [-0.05, 0) is 25.1 Å². The summed E-state index contributed by atoms with van der Waals surface area (Å²) >= 11 is 1.27. The first kappa shape index (κ1) is 22.3. The number of allylic oxidation sites excluding steroid dienone is 1. The molecule has 33 heavy (non-hydrogen) atoms. The summed E-state index contributed by atoms with van der Waals surface area (Å²) in [4.78, 5) is 21.9. The number of carbonyl (C=O) groups excluding carboxylic acids is 1. The standard InChI is InChI=1S/C24H19FN4O3S/c1-2-31-24(30)22-19(13-33-20-12-28-17-9-5-6-10-18(17)29-20)32-23(27)15(11-26)21(22)14-7-3-4-8-16(14)25/h3-10,12,21H,2,13,27H2,1H3/t21-/m0/s1. The molecule has 0 bridgehead atoms. The van der Waals surface area contributed by atoms with Crippen molar-refractivity contribution in [3.63, 3.8) is 0 Å². The molecule has 7 nitrogen and oxygen atoms in total. The normalized spacial score (nSPS) is 15.8. The minimum Gasteiger partial charge on any atom is -0.463 e. The predicted molar refractivity (Wildman–Crippen MR) is 121 cm³/mol. The van der Waals surface area contributed by atoms with Crippen molar-refractivity contribution in [2.45, 2.75) is 17.9 Å². The molecule has 0 unspecified atom stereocenters. The van der Waals surface area contributed by atoms with Crippen molar-refractivity contribution >= 4 is 28.8 Å². The number of thioether (sulfide) groups is 1. The first-order valence-corrected chi connectivity index (χ1v) is 11.1. The molecule has 0 aliphatic carbocycles. The molecule has 0 amide bonds. The van der Waals surface area contributed by atoms with Gasteiger partial charge in [-0.1, -0.05) is 42.1 Å². The minimum atomic E-state index is -1.05. The number of para-hydroxylation sites is 2. The Morgan fingerprint density at radius 1 is 1.24 bits per heavy atom. The third kappa shape index (κ3) is 4.52. The minimum absolute atomic E-state index is 0.0361. The number of hydrogen-bond donors (Lipinski definition) is 1. The van der Waals surface area contributed by atoms with E-state index in [4.69, 9.17) is 15.2 Å². The van der Waals surface area contributed by atoms with Gasteiger partial charge < -0.3 is 15.2 Å². The van der Waals surface area contributed by atoms with Gasteiger partial charge in [-0.15, -0.1) is 0 Å². The van der Waals surface area contributed by atoms with Gasteiger partial charge in [-0.25, -0.2) is 14.2 Å². The van der Waals surface area contributed by atoms with Crippen molar-refractivity contribution in [2.24, 2.45) is 5.73 Å². The monoisotopic (exact) mass is 462 g/mol. The predicted octanol–water partition coefficient (Wildman–Crippen LogP) is 4.19. The summed E-state index contributed by atoms with van der Waals surface area (Å²) in [5.41, 5.74) is 7.63. The van der Waals surface area contributed by atoms with E-state index in [1.165, 1.54) is 30.0 Å². The number of benzene rings is 2. The van der Waals surface area contributed by atoms with Crippen LogP contribution in [0.15, 0.2) is 82.5 Å². The van der Waals surface area contributed by atoms with Crippen molar-refractivity contribution in [2.75, 3.05) is 12.4 Å². The Kier molecular flexibility index (Phi) is 6.56. The molecule has 0 radical (unpaired) electrons. The fourth-order valence-electron chi connectivity index (χ4n) is 3.53. The van der Waals surface area contributed by atoms with Crippen molar-refractivity contribution in [1.29, 1.82) is 5.26 Å². The molecule has 4 rings (SSSR count). The lowest BCUT2D eigenvalue weighted by Gasteiger charge is -2.28. The van der Waals surface area contributed by atoms with Crippen LogP contribution in [0.5, 0.6) is 0 Å². The summed E-state index contributed by atoms with van der Waals surface area (Å²) in [7, 11) is 0. The lowest BCUT2D eigenvalue weighted by Crippen LogP contribution is -2.27. The molecule has 1 aromatic heterocycles. The molecule has 0 saturated carbocycles. The zero-order valence-corrected chi connectivity index (χ0v) is 18.4. The van der Waals surface area contributed by atoms with Gasteiger partial charge in [0.1, 0.15) is 28.2 Å². The van der Waals surface area contributed by atoms with E-state index >= 15 is 0 Å². The highest BCUT2D eigenvalue weighted by molar-refractivity contribution is 7.99. The van der Waals surface area contributed by atoms with Crippen LogP contribution >= 0.6 is 11.8 Å². The van der Waals surface area contributed by atoms with Gasteiger partial charge in [0, 0.05) is 5.56 Å². The molecule has 1 aliphatic heterocycles. The van der Waals surface area contributed by atoms with Gasteiger partial charge in [0.25, 0.3) is 0 Å². The number of rotatable bonds is 6. The smallest absolute Gasteiger partial charge is 0.338 e. The highest BCUT2D eigenvalue weighted by Gasteiger charge is 2.38. The average molecular weight is 463 g/mol. The van der Waals surface area contributed by atoms with Gasteiger partial charge in [0.2, 0.25) is 5.88 Å². The number of hydrogen-bond acceptors (Lipinski definition) is 8. The van der Waals surface area contributed by atoms with Gasteiger partial charge in [0.05, 0.1) is 41.1 Å². The van der Waals surface area contributed by atoms with Gasteiger partial charge in [-0.3, -0.25) is 4.98 Å². The molecule has 2 heterocycles. The van der Waals surface area contributed by atoms with Crippen molar-refractivity contribution < 1.29 is 18.7 Å². The van der Waals surface area contributed by atoms with Gasteiger partial charge in [0.15, 0.2) is 0 Å². The zero-order valence-electron chi connectivity index (χ0n) is 17.6. The Balaban J connectivity index is 1.76. The molecule has 9 heteroatoms. The Morgan fingerprint density at radius 2 is 1.97 bits per heavy atom. The Morgan fingerprint density at radius 3 is 2.70 bits per heavy atom. The van der Waals surface area contributed by atoms with E-state index in [0.29, 0.717) is 5.03 Å². The molecule has 1 aliphatic rings. The van der Waals surface area contributed by atoms with Gasteiger partial charge in [-0.2, -0.15) is 5.26 Å². The third-order valence-corrected chi connectivity index (χ3v) is 5.88. The van der Waals surface area contributed by atoms with E-state index in [2.05, 4.69) is 9.97 Å². The van der Waals surface area contributed by atoms with Crippen molar-refractivity contribution in [1.82, 2.24) is 9.97 Å². The SMILES string of the molecule is CCOC(=O)C1=C(CSc2cnc3ccccc3n2)OC(N)=C(C#N)[C@@H]1c1ccccc1F. The molecule has 2 aromatic carbocycles. The summed E-state index contributed by atoms with van der Waals surface area (Å²) in [6.07, 6.45) is 1.62. The molecule has 0 spiro atoms. The number of halogens is 1. The molecule has 0 saturated heterocycles. The lowest BCUT2D eigenvalue weighted by atomic mass is 9.83. The number of nitrogens with zero attached hydrogens (tertiary/aromatic N) is 3. The van der Waals surface area contributed by atoms with Crippen LogP contribution in [0.4, 0.5) is 4.39 Å². The van der Waals surface area contributed by atoms with Crippen molar-refractivity contribution in [3.05, 3.63) is 88.9 Å². The molecule has 2 N–H and O–H groups in total. The molecular formula is C24H19FN4O3S. The summed E-state index contributed by atoms with van der Waals surface area (Å²) in [6.45, 7) is 1.76. The van der Waals surface area contributed by atoms with Crippen LogP contribution in [-0.2, 0) is 14.3 Å². The van der Waals surface area contributed by atoms with E-state index in [1.54, 1.807) is 19.2 Å². The average Bonchev–Trinajstić information content (AvgIpc) is 2.82. The van der Waals surface area contributed by atoms with E-state index in [9.17, 15) is 14.4 Å². The number of carbonyl (C=O) groups is 1. The Hall–Kier alpha value is -3.90. The Labute approximate surface area is 193 Å². The van der Waals surface area contributed by atoms with Crippen LogP contribution in [0.25, 0.3) is 11.0 Å². The van der Waals surface area contributed by atoms with E-state index in [0.717, 1.165) is 11.0 Å². The number of esters is 1. The summed E-state index contributed by atoms with van der Waals surface area (Å²) < 4.78 is 25.7. The maximum Gasteiger partial charge on any atom is 0.338 e. The first-order valence-electron chi connectivity index (χ1n) is 10.1. The largest absolute Gasteiger partial charge is 0.463 e. The summed E-state index contributed by atoms with van der Waals surface area (Å²) in [5, 5.41) is 10.3. The van der Waals surface area contributed by atoms with Crippen LogP contribution in [0.2, 0.25) is 0 Å². The van der Waals surface area contributed by atoms with E-state index in [-0.39, 0.29) is 40.7 Å². The number of fused-ring (bicyclic) bond motifs is 1. The van der Waals surface area contributed by atoms with Crippen LogP contribution in [-0.4, -0.2) is 28.3 Å². The van der Waals surface area contributed by atoms with Crippen molar-refractivity contribution in [3.8, 4) is 6.07 Å². The maximum atomic E-state index is 14.7.